The summed E-state index contributed by atoms with van der Waals surface area (Å²) in [4.78, 5) is -0.786. The lowest BCUT2D eigenvalue weighted by atomic mass is 10.3. The van der Waals surface area contributed by atoms with Crippen molar-refractivity contribution in [1.29, 1.82) is 0 Å². The van der Waals surface area contributed by atoms with E-state index in [4.69, 9.17) is 5.73 Å². The molecule has 0 heterocycles. The lowest BCUT2D eigenvalue weighted by Crippen LogP contribution is -2.22. The summed E-state index contributed by atoms with van der Waals surface area (Å²) in [6.45, 7) is 3.57. The Morgan fingerprint density at radius 1 is 1.89 bits per heavy atom. The molecular formula is C5H11NOS2. The van der Waals surface area contributed by atoms with Gasteiger partial charge in [0.25, 0.3) is 0 Å². The van der Waals surface area contributed by atoms with Gasteiger partial charge in [-0.2, -0.15) is 0 Å². The van der Waals surface area contributed by atoms with Gasteiger partial charge in [0.05, 0.1) is 0 Å². The number of aliphatic hydroxyl groups is 1. The Labute approximate surface area is 64.8 Å². The third-order valence-electron chi connectivity index (χ3n) is 0.976. The third-order valence-corrected chi connectivity index (χ3v) is 2.16. The molecule has 0 radical (unpaired) electrons. The smallest absolute Gasteiger partial charge is 0.133 e. The number of rotatable bonds is 2. The fourth-order valence-corrected chi connectivity index (χ4v) is 1.41. The van der Waals surface area contributed by atoms with Crippen LogP contribution in [-0.2, 0) is 0 Å². The van der Waals surface area contributed by atoms with Crippen molar-refractivity contribution < 1.29 is 5.11 Å². The molecule has 1 unspecified atom stereocenters. The number of thiocarbonyl (C=S) groups is 1. The first-order valence-electron chi connectivity index (χ1n) is 2.69. The molecule has 0 aliphatic carbocycles. The molecule has 0 saturated heterocycles. The molecule has 54 valence electrons. The lowest BCUT2D eigenvalue weighted by molar-refractivity contribution is 0.155. The summed E-state index contributed by atoms with van der Waals surface area (Å²) in [7, 11) is 0. The summed E-state index contributed by atoms with van der Waals surface area (Å²) in [5, 5.41) is 9.29. The highest BCUT2D eigenvalue weighted by Crippen LogP contribution is 2.24. The van der Waals surface area contributed by atoms with Crippen molar-refractivity contribution in [2.75, 3.05) is 0 Å². The van der Waals surface area contributed by atoms with Gasteiger partial charge in [-0.1, -0.05) is 30.9 Å². The van der Waals surface area contributed by atoms with Crippen molar-refractivity contribution in [2.24, 2.45) is 5.73 Å². The highest BCUT2D eigenvalue weighted by Gasteiger charge is 2.18. The summed E-state index contributed by atoms with van der Waals surface area (Å²) in [5.41, 5.74) is 5.19. The van der Waals surface area contributed by atoms with Gasteiger partial charge in [0.15, 0.2) is 0 Å². The number of hydrogen-bond acceptors (Lipinski definition) is 3. The zero-order valence-corrected chi connectivity index (χ0v) is 7.18. The fourth-order valence-electron chi connectivity index (χ4n) is 0.289. The summed E-state index contributed by atoms with van der Waals surface area (Å²) in [5.74, 6) is 0. The van der Waals surface area contributed by atoms with E-state index in [-0.39, 0.29) is 0 Å². The molecule has 0 aliphatic heterocycles. The standard InChI is InChI=1S/C5H11NOS2/c1-3-5(2,7)9-4(6)8/h7H,3H2,1-2H3,(H2,6,8). The molecule has 2 nitrogen and oxygen atoms in total. The second-order valence-electron chi connectivity index (χ2n) is 1.95. The highest BCUT2D eigenvalue weighted by molar-refractivity contribution is 8.23. The average Bonchev–Trinajstić information content (AvgIpc) is 1.63. The van der Waals surface area contributed by atoms with Crippen LogP contribution in [0.25, 0.3) is 0 Å². The van der Waals surface area contributed by atoms with Crippen LogP contribution in [-0.4, -0.2) is 14.4 Å². The zero-order chi connectivity index (χ0) is 7.49. The molecule has 4 heteroatoms. The molecule has 0 aromatic heterocycles. The molecule has 0 aromatic carbocycles. The lowest BCUT2D eigenvalue weighted by Gasteiger charge is -2.18. The molecule has 0 aliphatic rings. The van der Waals surface area contributed by atoms with E-state index < -0.39 is 4.93 Å². The molecule has 0 fully saturated rings. The van der Waals surface area contributed by atoms with E-state index in [0.717, 1.165) is 11.8 Å². The third kappa shape index (κ3) is 4.69. The number of thioether (sulfide) groups is 1. The van der Waals surface area contributed by atoms with Gasteiger partial charge >= 0.3 is 0 Å². The van der Waals surface area contributed by atoms with Crippen LogP contribution in [0.4, 0.5) is 0 Å². The molecular weight excluding hydrogens is 154 g/mol. The van der Waals surface area contributed by atoms with Crippen LogP contribution in [0, 0.1) is 0 Å². The average molecular weight is 165 g/mol. The second-order valence-corrected chi connectivity index (χ2v) is 4.17. The summed E-state index contributed by atoms with van der Waals surface area (Å²) >= 11 is 5.71. The number of hydrogen-bond donors (Lipinski definition) is 2. The van der Waals surface area contributed by atoms with E-state index >= 15 is 0 Å². The Hall–Kier alpha value is 0.200. The van der Waals surface area contributed by atoms with Crippen molar-refractivity contribution in [2.45, 2.75) is 25.2 Å². The van der Waals surface area contributed by atoms with Crippen LogP contribution in [0.3, 0.4) is 0 Å². The van der Waals surface area contributed by atoms with Crippen LogP contribution < -0.4 is 5.73 Å². The molecule has 0 bridgehead atoms. The SMILES string of the molecule is CCC(C)(O)SC(N)=S. The van der Waals surface area contributed by atoms with E-state index in [2.05, 4.69) is 12.2 Å². The summed E-state index contributed by atoms with van der Waals surface area (Å²) < 4.78 is 0.293. The molecule has 0 amide bonds. The molecule has 0 spiro atoms. The monoisotopic (exact) mass is 165 g/mol. The van der Waals surface area contributed by atoms with Gasteiger partial charge in [-0.15, -0.1) is 0 Å². The maximum atomic E-state index is 9.29. The first-order valence-corrected chi connectivity index (χ1v) is 3.91. The molecule has 3 N–H and O–H groups in total. The molecule has 1 atom stereocenters. The molecule has 9 heavy (non-hydrogen) atoms. The van der Waals surface area contributed by atoms with Crippen molar-refractivity contribution >= 4 is 28.3 Å². The van der Waals surface area contributed by atoms with Crippen LogP contribution in [0.2, 0.25) is 0 Å². The molecule has 0 rings (SSSR count). The van der Waals surface area contributed by atoms with Crippen LogP contribution in [0.5, 0.6) is 0 Å². The van der Waals surface area contributed by atoms with Gasteiger partial charge < -0.3 is 10.8 Å². The predicted molar refractivity (Wildman–Crippen MR) is 45.3 cm³/mol. The maximum Gasteiger partial charge on any atom is 0.133 e. The van der Waals surface area contributed by atoms with Gasteiger partial charge in [0.2, 0.25) is 0 Å². The van der Waals surface area contributed by atoms with Crippen molar-refractivity contribution in [3.05, 3.63) is 0 Å². The van der Waals surface area contributed by atoms with Crippen LogP contribution >= 0.6 is 24.0 Å². The largest absolute Gasteiger partial charge is 0.385 e. The Morgan fingerprint density at radius 2 is 2.33 bits per heavy atom. The Kier molecular flexibility index (Phi) is 3.46. The molecule has 0 aromatic rings. The van der Waals surface area contributed by atoms with E-state index in [1.54, 1.807) is 6.92 Å². The zero-order valence-electron chi connectivity index (χ0n) is 5.55. The first kappa shape index (κ1) is 9.20. The summed E-state index contributed by atoms with van der Waals surface area (Å²) in [6.07, 6.45) is 0.648. The quantitative estimate of drug-likeness (QED) is 0.475. The summed E-state index contributed by atoms with van der Waals surface area (Å²) in [6, 6.07) is 0. The topological polar surface area (TPSA) is 46.2 Å². The Bertz CT molecular complexity index is 114. The second kappa shape index (κ2) is 3.39. The Balaban J connectivity index is 3.71. The predicted octanol–water partition coefficient (Wildman–Crippen LogP) is 1.08. The van der Waals surface area contributed by atoms with Crippen molar-refractivity contribution in [3.63, 3.8) is 0 Å². The van der Waals surface area contributed by atoms with Crippen LogP contribution in [0.1, 0.15) is 20.3 Å². The van der Waals surface area contributed by atoms with Crippen molar-refractivity contribution in [1.82, 2.24) is 0 Å². The van der Waals surface area contributed by atoms with E-state index in [1.165, 1.54) is 0 Å². The number of nitrogens with two attached hydrogens (primary N) is 1. The van der Waals surface area contributed by atoms with Gasteiger partial charge in [-0.05, 0) is 13.3 Å². The normalized spacial score (nSPS) is 16.8. The fraction of sp³-hybridized carbons (Fsp3) is 0.800. The highest BCUT2D eigenvalue weighted by atomic mass is 32.2. The van der Waals surface area contributed by atoms with Gasteiger partial charge in [0, 0.05) is 0 Å². The minimum absolute atomic E-state index is 0.293. The van der Waals surface area contributed by atoms with Crippen LogP contribution in [0.15, 0.2) is 0 Å². The van der Waals surface area contributed by atoms with E-state index in [9.17, 15) is 5.11 Å². The Morgan fingerprint density at radius 3 is 2.44 bits per heavy atom. The minimum atomic E-state index is -0.786. The van der Waals surface area contributed by atoms with Gasteiger partial charge in [0.1, 0.15) is 9.25 Å². The van der Waals surface area contributed by atoms with Crippen molar-refractivity contribution in [3.8, 4) is 0 Å². The van der Waals surface area contributed by atoms with E-state index in [1.807, 2.05) is 6.92 Å². The maximum absolute atomic E-state index is 9.29. The van der Waals surface area contributed by atoms with E-state index in [0.29, 0.717) is 10.7 Å². The minimum Gasteiger partial charge on any atom is -0.385 e. The first-order chi connectivity index (χ1) is 3.98. The van der Waals surface area contributed by atoms with Gasteiger partial charge in [-0.25, -0.2) is 0 Å². The molecule has 0 saturated carbocycles. The van der Waals surface area contributed by atoms with Gasteiger partial charge in [-0.3, -0.25) is 0 Å².